The van der Waals surface area contributed by atoms with Crippen LogP contribution in [0.3, 0.4) is 0 Å². The third-order valence-electron chi connectivity index (χ3n) is 4.04. The highest BCUT2D eigenvalue weighted by Crippen LogP contribution is 2.14. The molecule has 0 fully saturated rings. The number of anilines is 3. The van der Waals surface area contributed by atoms with Crippen LogP contribution in [0, 0.1) is 0 Å². The first-order valence-electron chi connectivity index (χ1n) is 9.83. The fraction of sp³-hybridized carbons (Fsp3) is 0.318. The Labute approximate surface area is 171 Å². The first-order valence-corrected chi connectivity index (χ1v) is 9.83. The zero-order valence-corrected chi connectivity index (χ0v) is 16.9. The highest BCUT2D eigenvalue weighted by Gasteiger charge is 2.08. The van der Waals surface area contributed by atoms with Crippen LogP contribution >= 0.6 is 0 Å². The van der Waals surface area contributed by atoms with Crippen molar-refractivity contribution < 1.29 is 14.4 Å². The molecule has 2 rings (SSSR count). The molecule has 7 heteroatoms. The summed E-state index contributed by atoms with van der Waals surface area (Å²) in [5, 5.41) is 11.4. The number of rotatable bonds is 10. The van der Waals surface area contributed by atoms with E-state index in [1.807, 2.05) is 13.8 Å². The number of carbonyl (C=O) groups is 3. The summed E-state index contributed by atoms with van der Waals surface area (Å²) in [7, 11) is 0. The summed E-state index contributed by atoms with van der Waals surface area (Å²) in [5.74, 6) is -0.401. The summed E-state index contributed by atoms with van der Waals surface area (Å²) in [6, 6.07) is 14.0. The summed E-state index contributed by atoms with van der Waals surface area (Å²) < 4.78 is 0. The van der Waals surface area contributed by atoms with Gasteiger partial charge in [-0.2, -0.15) is 0 Å². The Balaban J connectivity index is 1.84. The first kappa shape index (κ1) is 21.9. The Morgan fingerprint density at radius 2 is 1.48 bits per heavy atom. The molecule has 0 spiro atoms. The number of hydrogen-bond acceptors (Lipinski definition) is 4. The maximum atomic E-state index is 12.2. The van der Waals surface area contributed by atoms with Gasteiger partial charge in [0.1, 0.15) is 0 Å². The van der Waals surface area contributed by atoms with E-state index in [1.54, 1.807) is 48.5 Å². The van der Waals surface area contributed by atoms with E-state index in [9.17, 15) is 14.4 Å². The molecule has 0 aromatic heterocycles. The molecule has 0 unspecified atom stereocenters. The fourth-order valence-electron chi connectivity index (χ4n) is 2.59. The minimum atomic E-state index is -0.226. The topological polar surface area (TPSA) is 99.3 Å². The lowest BCUT2D eigenvalue weighted by molar-refractivity contribution is -0.116. The van der Waals surface area contributed by atoms with E-state index in [0.29, 0.717) is 24.2 Å². The van der Waals surface area contributed by atoms with Crippen LogP contribution in [0.2, 0.25) is 0 Å². The van der Waals surface area contributed by atoms with Crippen LogP contribution in [0.15, 0.2) is 48.5 Å². The zero-order valence-electron chi connectivity index (χ0n) is 16.9. The van der Waals surface area contributed by atoms with E-state index in [0.717, 1.165) is 24.2 Å². The maximum absolute atomic E-state index is 12.2. The average Bonchev–Trinajstić information content (AvgIpc) is 2.72. The van der Waals surface area contributed by atoms with Crippen molar-refractivity contribution in [2.45, 2.75) is 33.1 Å². The van der Waals surface area contributed by atoms with Crippen molar-refractivity contribution in [3.05, 3.63) is 54.1 Å². The molecule has 0 aliphatic carbocycles. The number of nitrogens with one attached hydrogen (secondary N) is 4. The highest BCUT2D eigenvalue weighted by molar-refractivity contribution is 5.98. The van der Waals surface area contributed by atoms with E-state index in [1.165, 1.54) is 0 Å². The van der Waals surface area contributed by atoms with Gasteiger partial charge in [-0.05, 0) is 55.3 Å². The van der Waals surface area contributed by atoms with Crippen molar-refractivity contribution in [1.82, 2.24) is 5.32 Å². The van der Waals surface area contributed by atoms with Crippen molar-refractivity contribution in [3.8, 4) is 0 Å². The van der Waals surface area contributed by atoms with Crippen LogP contribution in [0.1, 0.15) is 43.5 Å². The molecule has 0 aliphatic heterocycles. The van der Waals surface area contributed by atoms with Crippen LogP contribution in [-0.4, -0.2) is 30.8 Å². The number of carbonyl (C=O) groups excluding carboxylic acids is 3. The van der Waals surface area contributed by atoms with Crippen molar-refractivity contribution in [2.75, 3.05) is 29.0 Å². The lowest BCUT2D eigenvalue weighted by Crippen LogP contribution is -2.24. The van der Waals surface area contributed by atoms with Crippen LogP contribution < -0.4 is 21.3 Å². The van der Waals surface area contributed by atoms with Gasteiger partial charge in [0.2, 0.25) is 11.8 Å². The Bertz CT molecular complexity index is 834. The Kier molecular flexibility index (Phi) is 8.69. The molecular weight excluding hydrogens is 368 g/mol. The summed E-state index contributed by atoms with van der Waals surface area (Å²) in [4.78, 5) is 35.8. The van der Waals surface area contributed by atoms with Crippen LogP contribution in [0.25, 0.3) is 0 Å². The molecule has 7 nitrogen and oxygen atoms in total. The van der Waals surface area contributed by atoms with Gasteiger partial charge in [0, 0.05) is 35.6 Å². The maximum Gasteiger partial charge on any atom is 0.251 e. The first-order chi connectivity index (χ1) is 14.0. The van der Waals surface area contributed by atoms with Gasteiger partial charge in [0.05, 0.1) is 6.54 Å². The second-order valence-electron chi connectivity index (χ2n) is 6.61. The molecule has 0 saturated carbocycles. The molecule has 0 bridgehead atoms. The van der Waals surface area contributed by atoms with Gasteiger partial charge in [-0.25, -0.2) is 0 Å². The van der Waals surface area contributed by atoms with Gasteiger partial charge in [0.15, 0.2) is 0 Å². The smallest absolute Gasteiger partial charge is 0.251 e. The zero-order chi connectivity index (χ0) is 21.1. The van der Waals surface area contributed by atoms with Crippen LogP contribution in [0.5, 0.6) is 0 Å². The summed E-state index contributed by atoms with van der Waals surface area (Å²) in [5.41, 5.74) is 2.55. The van der Waals surface area contributed by atoms with Crippen molar-refractivity contribution >= 4 is 34.8 Å². The van der Waals surface area contributed by atoms with E-state index >= 15 is 0 Å². The molecule has 2 aromatic carbocycles. The highest BCUT2D eigenvalue weighted by atomic mass is 16.2. The molecule has 0 atom stereocenters. The Morgan fingerprint density at radius 1 is 0.793 bits per heavy atom. The minimum Gasteiger partial charge on any atom is -0.376 e. The molecule has 0 aliphatic rings. The van der Waals surface area contributed by atoms with Crippen molar-refractivity contribution in [2.24, 2.45) is 0 Å². The van der Waals surface area contributed by atoms with Gasteiger partial charge in [-0.15, -0.1) is 0 Å². The van der Waals surface area contributed by atoms with E-state index in [2.05, 4.69) is 21.3 Å². The molecule has 2 aromatic rings. The van der Waals surface area contributed by atoms with E-state index in [-0.39, 0.29) is 24.3 Å². The largest absolute Gasteiger partial charge is 0.376 e. The minimum absolute atomic E-state index is 0.0156. The Hall–Kier alpha value is -3.35. The molecule has 0 radical (unpaired) electrons. The molecule has 0 heterocycles. The molecule has 3 amide bonds. The quantitative estimate of drug-likeness (QED) is 0.493. The summed E-state index contributed by atoms with van der Waals surface area (Å²) in [6.07, 6.45) is 2.15. The standard InChI is InChI=1S/C22H28N4O3/c1-3-6-20(27)25-18-11-9-17(10-12-18)24-15-21(28)26-19-8-5-7-16(14-19)22(29)23-13-4-2/h5,7-12,14,24H,3-4,6,13,15H2,1-2H3,(H,23,29)(H,25,27)(H,26,28). The third-order valence-corrected chi connectivity index (χ3v) is 4.04. The SMILES string of the molecule is CCCNC(=O)c1cccc(NC(=O)CNc2ccc(NC(=O)CCC)cc2)c1. The normalized spacial score (nSPS) is 10.1. The Morgan fingerprint density at radius 3 is 2.17 bits per heavy atom. The van der Waals surface area contributed by atoms with E-state index in [4.69, 9.17) is 0 Å². The van der Waals surface area contributed by atoms with Gasteiger partial charge in [-0.3, -0.25) is 14.4 Å². The monoisotopic (exact) mass is 396 g/mol. The molecular formula is C22H28N4O3. The average molecular weight is 396 g/mol. The van der Waals surface area contributed by atoms with Gasteiger partial charge < -0.3 is 21.3 Å². The second kappa shape index (κ2) is 11.5. The molecule has 29 heavy (non-hydrogen) atoms. The van der Waals surface area contributed by atoms with Crippen LogP contribution in [-0.2, 0) is 9.59 Å². The van der Waals surface area contributed by atoms with Crippen molar-refractivity contribution in [1.29, 1.82) is 0 Å². The molecule has 0 saturated heterocycles. The lowest BCUT2D eigenvalue weighted by atomic mass is 10.2. The second-order valence-corrected chi connectivity index (χ2v) is 6.61. The third kappa shape index (κ3) is 7.65. The van der Waals surface area contributed by atoms with Gasteiger partial charge in [0.25, 0.3) is 5.91 Å². The molecule has 4 N–H and O–H groups in total. The van der Waals surface area contributed by atoms with Gasteiger partial charge >= 0.3 is 0 Å². The van der Waals surface area contributed by atoms with Gasteiger partial charge in [-0.1, -0.05) is 19.9 Å². The van der Waals surface area contributed by atoms with E-state index < -0.39 is 0 Å². The predicted molar refractivity (Wildman–Crippen MR) is 116 cm³/mol. The predicted octanol–water partition coefficient (Wildman–Crippen LogP) is 3.62. The number of hydrogen-bond donors (Lipinski definition) is 4. The molecule has 154 valence electrons. The van der Waals surface area contributed by atoms with Crippen molar-refractivity contribution in [3.63, 3.8) is 0 Å². The van der Waals surface area contributed by atoms with Crippen LogP contribution in [0.4, 0.5) is 17.1 Å². The summed E-state index contributed by atoms with van der Waals surface area (Å²) in [6.45, 7) is 4.63. The fourth-order valence-corrected chi connectivity index (χ4v) is 2.59. The number of benzene rings is 2. The summed E-state index contributed by atoms with van der Waals surface area (Å²) >= 11 is 0. The lowest BCUT2D eigenvalue weighted by Gasteiger charge is -2.10. The number of amides is 3.